The lowest BCUT2D eigenvalue weighted by molar-refractivity contribution is -0.145. The number of rotatable bonds is 8. The van der Waals surface area contributed by atoms with E-state index in [0.29, 0.717) is 41.6 Å². The van der Waals surface area contributed by atoms with Crippen LogP contribution < -0.4 is 14.8 Å². The van der Waals surface area contributed by atoms with Crippen LogP contribution in [0.15, 0.2) is 106 Å². The average molecular weight is 993 g/mol. The van der Waals surface area contributed by atoms with Crippen LogP contribution in [-0.4, -0.2) is 100 Å². The van der Waals surface area contributed by atoms with Crippen LogP contribution in [0.5, 0.6) is 11.8 Å². The summed E-state index contributed by atoms with van der Waals surface area (Å²) in [6.45, 7) is 6.03. The number of fused-ring (bicyclic) bond motifs is 2. The summed E-state index contributed by atoms with van der Waals surface area (Å²) in [6.07, 6.45) is -0.503. The van der Waals surface area contributed by atoms with Crippen molar-refractivity contribution in [2.24, 2.45) is 0 Å². The summed E-state index contributed by atoms with van der Waals surface area (Å²) >= 11 is 7.01. The number of methoxy groups -OCH3 is 2. The third-order valence-corrected chi connectivity index (χ3v) is 10.8. The van der Waals surface area contributed by atoms with Crippen molar-refractivity contribution in [3.63, 3.8) is 0 Å². The Labute approximate surface area is 381 Å². The Kier molecular flexibility index (Phi) is 15.0. The van der Waals surface area contributed by atoms with Crippen LogP contribution in [0, 0.1) is 0 Å². The Balaban J connectivity index is 0.000000209. The fourth-order valence-corrected chi connectivity index (χ4v) is 7.77. The highest BCUT2D eigenvalue weighted by Crippen LogP contribution is 2.35. The Hall–Kier alpha value is -5.42. The molecule has 4 heterocycles. The number of benzene rings is 4. The van der Waals surface area contributed by atoms with Crippen LogP contribution in [-0.2, 0) is 23.8 Å². The lowest BCUT2D eigenvalue weighted by Crippen LogP contribution is -2.44. The topological polar surface area (TPSA) is 164 Å². The quantitative estimate of drug-likeness (QED) is 0.114. The second kappa shape index (κ2) is 20.2. The molecule has 62 heavy (non-hydrogen) atoms. The van der Waals surface area contributed by atoms with Gasteiger partial charge >= 0.3 is 18.0 Å². The molecule has 0 saturated carbocycles. The SMILES string of the molecule is COC(=O)[C@@H]1C[C@@H](Oc2nc3ccccc3nc2-c2cccc(Br)c2)CN1.COC(=O)[C@@H]1C[C@@H](Oc2nc3ccccc3nc2-c2cccc(Br)c2)CN1C(=O)OC(C)(C)C.Cl. The fourth-order valence-electron chi connectivity index (χ4n) is 6.97. The van der Waals surface area contributed by atoms with Gasteiger partial charge in [-0.1, -0.05) is 80.4 Å². The number of carbonyl (C=O) groups excluding carboxylic acids is 3. The highest BCUT2D eigenvalue weighted by atomic mass is 79.9. The van der Waals surface area contributed by atoms with Crippen molar-refractivity contribution in [1.29, 1.82) is 0 Å². The van der Waals surface area contributed by atoms with Gasteiger partial charge in [-0.05, 0) is 69.3 Å². The molecule has 14 nitrogen and oxygen atoms in total. The molecule has 0 radical (unpaired) electrons. The van der Waals surface area contributed by atoms with Gasteiger partial charge < -0.3 is 29.0 Å². The van der Waals surface area contributed by atoms with Gasteiger partial charge in [0, 0.05) is 39.5 Å². The smallest absolute Gasteiger partial charge is 0.411 e. The standard InChI is InChI=1S/C25H26BrN3O5.C20H18BrN3O3.ClH/c1-25(2,3)34-24(31)29-14-17(13-20(29)23(30)32-4)33-22-21(15-8-7-9-16(26)12-15)27-18-10-5-6-11-19(18)28-22;1-26-20(25)17-10-14(11-22-17)27-19-18(12-5-4-6-13(21)9-12)23-15-7-2-3-8-16(15)24-19;/h5-12,17,20H,13-14H2,1-4H3;2-9,14,17,22H,10-11H2,1H3;1H/t17-,20+;14-,17+;/m11./s1. The number of para-hydroxylation sites is 4. The third kappa shape index (κ3) is 11.1. The van der Waals surface area contributed by atoms with Crippen molar-refractivity contribution >= 4 is 84.4 Å². The van der Waals surface area contributed by atoms with Crippen LogP contribution in [0.4, 0.5) is 4.79 Å². The van der Waals surface area contributed by atoms with Gasteiger partial charge in [0.25, 0.3) is 0 Å². The van der Waals surface area contributed by atoms with E-state index >= 15 is 0 Å². The molecule has 2 aromatic heterocycles. The monoisotopic (exact) mass is 990 g/mol. The van der Waals surface area contributed by atoms with E-state index in [4.69, 9.17) is 43.6 Å². The number of amides is 1. The van der Waals surface area contributed by atoms with Crippen molar-refractivity contribution in [3.8, 4) is 34.3 Å². The Morgan fingerprint density at radius 1 is 0.661 bits per heavy atom. The zero-order valence-corrected chi connectivity index (χ0v) is 38.5. The molecule has 8 rings (SSSR count). The largest absolute Gasteiger partial charge is 0.471 e. The highest BCUT2D eigenvalue weighted by molar-refractivity contribution is 9.10. The summed E-state index contributed by atoms with van der Waals surface area (Å²) in [6, 6.07) is 29.6. The number of aromatic nitrogens is 4. The molecule has 6 aromatic rings. The zero-order valence-electron chi connectivity index (χ0n) is 34.5. The van der Waals surface area contributed by atoms with E-state index in [-0.39, 0.29) is 43.5 Å². The van der Waals surface area contributed by atoms with E-state index < -0.39 is 29.8 Å². The van der Waals surface area contributed by atoms with Gasteiger partial charge in [-0.2, -0.15) is 0 Å². The zero-order chi connectivity index (χ0) is 43.3. The summed E-state index contributed by atoms with van der Waals surface area (Å²) in [5.41, 5.74) is 5.28. The van der Waals surface area contributed by atoms with Crippen LogP contribution in [0.25, 0.3) is 44.6 Å². The number of hydrogen-bond donors (Lipinski definition) is 1. The maximum Gasteiger partial charge on any atom is 0.411 e. The average Bonchev–Trinajstić information content (AvgIpc) is 3.90. The van der Waals surface area contributed by atoms with Gasteiger partial charge in [-0.15, -0.1) is 12.4 Å². The molecule has 2 fully saturated rings. The molecule has 324 valence electrons. The van der Waals surface area contributed by atoms with E-state index in [0.717, 1.165) is 36.6 Å². The molecule has 4 atom stereocenters. The van der Waals surface area contributed by atoms with Gasteiger partial charge in [0.1, 0.15) is 41.3 Å². The summed E-state index contributed by atoms with van der Waals surface area (Å²) < 4.78 is 29.6. The van der Waals surface area contributed by atoms with Crippen molar-refractivity contribution in [2.75, 3.05) is 27.3 Å². The molecular formula is C45H45Br2ClN6O8. The molecule has 2 aliphatic heterocycles. The molecule has 1 N–H and O–H groups in total. The van der Waals surface area contributed by atoms with Crippen molar-refractivity contribution in [3.05, 3.63) is 106 Å². The number of halogens is 3. The third-order valence-electron chi connectivity index (χ3n) is 9.77. The summed E-state index contributed by atoms with van der Waals surface area (Å²) in [5, 5.41) is 3.13. The first-order chi connectivity index (χ1) is 29.3. The molecular weight excluding hydrogens is 948 g/mol. The number of ether oxygens (including phenoxy) is 5. The number of carbonyl (C=O) groups is 3. The first-order valence-corrected chi connectivity index (χ1v) is 21.1. The van der Waals surface area contributed by atoms with Crippen molar-refractivity contribution < 1.29 is 38.1 Å². The molecule has 4 aromatic carbocycles. The second-order valence-electron chi connectivity index (χ2n) is 15.4. The van der Waals surface area contributed by atoms with Crippen LogP contribution >= 0.6 is 44.3 Å². The van der Waals surface area contributed by atoms with Crippen molar-refractivity contribution in [2.45, 2.75) is 63.5 Å². The molecule has 17 heteroatoms. The molecule has 1 amide bonds. The minimum atomic E-state index is -0.812. The van der Waals surface area contributed by atoms with E-state index in [2.05, 4.69) is 37.2 Å². The lowest BCUT2D eigenvalue weighted by Gasteiger charge is -2.27. The minimum Gasteiger partial charge on any atom is -0.471 e. The van der Waals surface area contributed by atoms with E-state index in [1.54, 1.807) is 20.8 Å². The van der Waals surface area contributed by atoms with E-state index in [1.165, 1.54) is 19.1 Å². The first-order valence-electron chi connectivity index (χ1n) is 19.6. The van der Waals surface area contributed by atoms with Crippen LogP contribution in [0.2, 0.25) is 0 Å². The van der Waals surface area contributed by atoms with E-state index in [9.17, 15) is 14.4 Å². The molecule has 0 bridgehead atoms. The lowest BCUT2D eigenvalue weighted by atomic mass is 10.1. The fraction of sp³-hybridized carbons (Fsp3) is 0.311. The predicted molar refractivity (Wildman–Crippen MR) is 243 cm³/mol. The van der Waals surface area contributed by atoms with Gasteiger partial charge in [-0.25, -0.2) is 29.5 Å². The van der Waals surface area contributed by atoms with Gasteiger partial charge in [0.15, 0.2) is 0 Å². The number of esters is 2. The molecule has 0 aliphatic carbocycles. The Bertz CT molecular complexity index is 2580. The minimum absolute atomic E-state index is 0. The van der Waals surface area contributed by atoms with Crippen LogP contribution in [0.1, 0.15) is 33.6 Å². The predicted octanol–water partition coefficient (Wildman–Crippen LogP) is 8.75. The second-order valence-corrected chi connectivity index (χ2v) is 17.2. The molecule has 2 saturated heterocycles. The maximum atomic E-state index is 12.8. The summed E-state index contributed by atoms with van der Waals surface area (Å²) in [5.74, 6) is -0.00718. The molecule has 0 spiro atoms. The number of nitrogens with one attached hydrogen (secondary N) is 1. The maximum absolute atomic E-state index is 12.8. The first kappa shape index (κ1) is 46.1. The van der Waals surface area contributed by atoms with E-state index in [1.807, 2.05) is 97.1 Å². The summed E-state index contributed by atoms with van der Waals surface area (Å²) in [7, 11) is 2.68. The molecule has 0 unspecified atom stereocenters. The van der Waals surface area contributed by atoms with Gasteiger partial charge in [0.05, 0.1) is 42.8 Å². The molecule has 2 aliphatic rings. The number of hydrogen-bond acceptors (Lipinski definition) is 13. The van der Waals surface area contributed by atoms with Gasteiger partial charge in [0.2, 0.25) is 11.8 Å². The number of nitrogens with zero attached hydrogens (tertiary/aromatic N) is 5. The normalized spacial score (nSPS) is 18.3. The highest BCUT2D eigenvalue weighted by Gasteiger charge is 2.44. The van der Waals surface area contributed by atoms with Gasteiger partial charge in [-0.3, -0.25) is 9.69 Å². The Morgan fingerprint density at radius 2 is 1.15 bits per heavy atom. The van der Waals surface area contributed by atoms with Crippen LogP contribution in [0.3, 0.4) is 0 Å². The number of likely N-dealkylation sites (tertiary alicyclic amines) is 1. The summed E-state index contributed by atoms with van der Waals surface area (Å²) in [4.78, 5) is 57.3. The Morgan fingerprint density at radius 3 is 1.61 bits per heavy atom. The van der Waals surface area contributed by atoms with Crippen molar-refractivity contribution in [1.82, 2.24) is 30.2 Å².